The van der Waals surface area contributed by atoms with E-state index in [1.165, 1.54) is 0 Å². The molecule has 19 heavy (non-hydrogen) atoms. The van der Waals surface area contributed by atoms with Crippen molar-refractivity contribution >= 4 is 11.6 Å². The van der Waals surface area contributed by atoms with Crippen LogP contribution in [0.1, 0.15) is 17.3 Å². The largest absolute Gasteiger partial charge is 0.377 e. The fraction of sp³-hybridized carbons (Fsp3) is 0.417. The minimum Gasteiger partial charge on any atom is -0.377 e. The number of ether oxygens (including phenoxy) is 1. The number of nitrogens with zero attached hydrogens (tertiary/aromatic N) is 3. The Morgan fingerprint density at radius 1 is 1.26 bits per heavy atom. The molecule has 102 valence electrons. The van der Waals surface area contributed by atoms with Gasteiger partial charge in [0.15, 0.2) is 5.82 Å². The molecule has 2 rings (SSSR count). The predicted molar refractivity (Wildman–Crippen MR) is 70.9 cm³/mol. The summed E-state index contributed by atoms with van der Waals surface area (Å²) in [6.07, 6.45) is 0. The molecule has 0 radical (unpaired) electrons. The van der Waals surface area contributed by atoms with Gasteiger partial charge in [0.2, 0.25) is 0 Å². The Hall–Kier alpha value is -2.15. The first-order valence-electron chi connectivity index (χ1n) is 5.92. The highest BCUT2D eigenvalue weighted by Crippen LogP contribution is 2.12. The van der Waals surface area contributed by atoms with Gasteiger partial charge in [-0.1, -0.05) is 5.16 Å². The number of aromatic nitrogens is 3. The van der Waals surface area contributed by atoms with Gasteiger partial charge in [-0.15, -0.1) is 0 Å². The fourth-order valence-corrected chi connectivity index (χ4v) is 1.59. The molecule has 0 saturated carbocycles. The second kappa shape index (κ2) is 6.14. The van der Waals surface area contributed by atoms with Crippen LogP contribution < -0.4 is 10.6 Å². The van der Waals surface area contributed by atoms with E-state index < -0.39 is 0 Å². The van der Waals surface area contributed by atoms with Gasteiger partial charge >= 0.3 is 0 Å². The molecule has 7 heteroatoms. The lowest BCUT2D eigenvalue weighted by molar-refractivity contribution is 0.178. The van der Waals surface area contributed by atoms with E-state index in [-0.39, 0.29) is 0 Å². The quantitative estimate of drug-likeness (QED) is 0.818. The van der Waals surface area contributed by atoms with Crippen LogP contribution in [-0.4, -0.2) is 29.3 Å². The number of hydrogen-bond acceptors (Lipinski definition) is 7. The van der Waals surface area contributed by atoms with Crippen LogP contribution in [0.15, 0.2) is 16.7 Å². The normalized spacial score (nSPS) is 10.5. The third-order valence-electron chi connectivity index (χ3n) is 2.43. The third kappa shape index (κ3) is 3.65. The van der Waals surface area contributed by atoms with Gasteiger partial charge < -0.3 is 19.9 Å². The first-order valence-corrected chi connectivity index (χ1v) is 5.92. The van der Waals surface area contributed by atoms with E-state index >= 15 is 0 Å². The summed E-state index contributed by atoms with van der Waals surface area (Å²) in [6.45, 7) is 2.77. The zero-order valence-electron chi connectivity index (χ0n) is 11.2. The fourth-order valence-electron chi connectivity index (χ4n) is 1.59. The second-order valence-corrected chi connectivity index (χ2v) is 4.02. The van der Waals surface area contributed by atoms with Crippen LogP contribution in [0.3, 0.4) is 0 Å². The Kier molecular flexibility index (Phi) is 4.30. The monoisotopic (exact) mass is 263 g/mol. The summed E-state index contributed by atoms with van der Waals surface area (Å²) in [4.78, 5) is 8.63. The average molecular weight is 263 g/mol. The van der Waals surface area contributed by atoms with Crippen molar-refractivity contribution in [2.45, 2.75) is 20.1 Å². The lowest BCUT2D eigenvalue weighted by atomic mass is 10.3. The van der Waals surface area contributed by atoms with Crippen LogP contribution >= 0.6 is 0 Å². The number of hydrogen-bond donors (Lipinski definition) is 2. The van der Waals surface area contributed by atoms with E-state index in [4.69, 9.17) is 9.26 Å². The van der Waals surface area contributed by atoms with Gasteiger partial charge in [-0.05, 0) is 6.92 Å². The standard InChI is InChI=1S/C12H17N5O2/c1-8-4-9(17-19-8)6-14-11-5-10(13-2)15-12(16-11)7-18-3/h4-5H,6-7H2,1-3H3,(H2,13,14,15,16). The first kappa shape index (κ1) is 13.3. The summed E-state index contributed by atoms with van der Waals surface area (Å²) >= 11 is 0. The van der Waals surface area contributed by atoms with E-state index in [2.05, 4.69) is 25.8 Å². The molecule has 0 atom stereocenters. The lowest BCUT2D eigenvalue weighted by Crippen LogP contribution is -2.07. The van der Waals surface area contributed by atoms with Crippen LogP contribution in [-0.2, 0) is 17.9 Å². The maximum atomic E-state index is 5.04. The second-order valence-electron chi connectivity index (χ2n) is 4.02. The maximum absolute atomic E-state index is 5.04. The van der Waals surface area contributed by atoms with Crippen LogP contribution in [0.25, 0.3) is 0 Å². The Balaban J connectivity index is 2.08. The molecule has 7 nitrogen and oxygen atoms in total. The molecule has 2 heterocycles. The number of anilines is 2. The summed E-state index contributed by atoms with van der Waals surface area (Å²) in [7, 11) is 3.42. The van der Waals surface area contributed by atoms with E-state index in [9.17, 15) is 0 Å². The van der Waals surface area contributed by atoms with Gasteiger partial charge in [-0.2, -0.15) is 0 Å². The Morgan fingerprint density at radius 3 is 2.68 bits per heavy atom. The molecule has 0 unspecified atom stereocenters. The van der Waals surface area contributed by atoms with Crippen molar-refractivity contribution in [1.82, 2.24) is 15.1 Å². The SMILES string of the molecule is CNc1cc(NCc2cc(C)on2)nc(COC)n1. The number of methoxy groups -OCH3 is 1. The zero-order valence-corrected chi connectivity index (χ0v) is 11.2. The summed E-state index contributed by atoms with van der Waals surface area (Å²) in [5.41, 5.74) is 0.829. The van der Waals surface area contributed by atoms with Crippen LogP contribution in [0.5, 0.6) is 0 Å². The highest BCUT2D eigenvalue weighted by Gasteiger charge is 2.05. The van der Waals surface area contributed by atoms with Gasteiger partial charge in [-0.25, -0.2) is 9.97 Å². The molecule has 0 saturated heterocycles. The minimum atomic E-state index is 0.368. The highest BCUT2D eigenvalue weighted by molar-refractivity contribution is 5.47. The van der Waals surface area contributed by atoms with Gasteiger partial charge in [0, 0.05) is 26.3 Å². The number of nitrogens with one attached hydrogen (secondary N) is 2. The lowest BCUT2D eigenvalue weighted by Gasteiger charge is -2.08. The Morgan fingerprint density at radius 2 is 2.05 bits per heavy atom. The molecule has 0 aliphatic rings. The topological polar surface area (TPSA) is 85.1 Å². The molecule has 0 aliphatic carbocycles. The summed E-state index contributed by atoms with van der Waals surface area (Å²) in [6, 6.07) is 3.70. The molecule has 0 aromatic carbocycles. The van der Waals surface area contributed by atoms with E-state index in [0.29, 0.717) is 24.8 Å². The van der Waals surface area contributed by atoms with Gasteiger partial charge in [0.05, 0.1) is 6.54 Å². The molecule has 0 amide bonds. The zero-order chi connectivity index (χ0) is 13.7. The third-order valence-corrected chi connectivity index (χ3v) is 2.43. The number of aryl methyl sites for hydroxylation is 1. The number of rotatable bonds is 6. The van der Waals surface area contributed by atoms with E-state index in [1.54, 1.807) is 7.11 Å². The van der Waals surface area contributed by atoms with Crippen molar-refractivity contribution in [3.05, 3.63) is 29.4 Å². The van der Waals surface area contributed by atoms with Crippen LogP contribution in [0.2, 0.25) is 0 Å². The minimum absolute atomic E-state index is 0.368. The van der Waals surface area contributed by atoms with Crippen LogP contribution in [0.4, 0.5) is 11.6 Å². The molecule has 2 N–H and O–H groups in total. The average Bonchev–Trinajstić information content (AvgIpc) is 2.82. The van der Waals surface area contributed by atoms with Crippen molar-refractivity contribution < 1.29 is 9.26 Å². The maximum Gasteiger partial charge on any atom is 0.158 e. The Bertz CT molecular complexity index is 541. The molecule has 0 aliphatic heterocycles. The van der Waals surface area contributed by atoms with Gasteiger partial charge in [0.25, 0.3) is 0 Å². The molecular formula is C12H17N5O2. The molecular weight excluding hydrogens is 246 g/mol. The Labute approximate surface area is 111 Å². The van der Waals surface area contributed by atoms with E-state index in [0.717, 1.165) is 17.3 Å². The smallest absolute Gasteiger partial charge is 0.158 e. The molecule has 2 aromatic rings. The summed E-state index contributed by atoms with van der Waals surface area (Å²) in [5, 5.41) is 10.1. The van der Waals surface area contributed by atoms with Crippen molar-refractivity contribution in [1.29, 1.82) is 0 Å². The highest BCUT2D eigenvalue weighted by atomic mass is 16.5. The summed E-state index contributed by atoms with van der Waals surface area (Å²) in [5.74, 6) is 2.86. The summed E-state index contributed by atoms with van der Waals surface area (Å²) < 4.78 is 10.0. The first-order chi connectivity index (χ1) is 9.21. The molecule has 0 spiro atoms. The van der Waals surface area contributed by atoms with Crippen molar-refractivity contribution in [2.75, 3.05) is 24.8 Å². The van der Waals surface area contributed by atoms with Crippen molar-refractivity contribution in [3.63, 3.8) is 0 Å². The molecule has 0 fully saturated rings. The van der Waals surface area contributed by atoms with Crippen molar-refractivity contribution in [2.24, 2.45) is 0 Å². The van der Waals surface area contributed by atoms with E-state index in [1.807, 2.05) is 26.1 Å². The molecule has 0 bridgehead atoms. The van der Waals surface area contributed by atoms with Gasteiger partial charge in [-0.3, -0.25) is 0 Å². The van der Waals surface area contributed by atoms with Crippen LogP contribution in [0, 0.1) is 6.92 Å². The molecule has 2 aromatic heterocycles. The van der Waals surface area contributed by atoms with Crippen molar-refractivity contribution in [3.8, 4) is 0 Å². The predicted octanol–water partition coefficient (Wildman–Crippen LogP) is 1.57. The van der Waals surface area contributed by atoms with Gasteiger partial charge in [0.1, 0.15) is 29.7 Å².